The quantitative estimate of drug-likeness (QED) is 0.771. The van der Waals surface area contributed by atoms with Crippen LogP contribution in [0.3, 0.4) is 0 Å². The molecule has 2 N–H and O–H groups in total. The summed E-state index contributed by atoms with van der Waals surface area (Å²) in [6.45, 7) is 5.04. The molecular formula is C15H22Cl2N2O3. The minimum absolute atomic E-state index is 0. The van der Waals surface area contributed by atoms with Crippen LogP contribution in [-0.4, -0.2) is 44.9 Å². The molecule has 1 aliphatic heterocycles. The Kier molecular flexibility index (Phi) is 8.56. The van der Waals surface area contributed by atoms with Crippen molar-refractivity contribution in [3.63, 3.8) is 0 Å². The van der Waals surface area contributed by atoms with Crippen molar-refractivity contribution in [1.82, 2.24) is 10.6 Å². The molecule has 0 spiro atoms. The highest BCUT2D eigenvalue weighted by molar-refractivity contribution is 6.30. The van der Waals surface area contributed by atoms with Crippen LogP contribution in [0.5, 0.6) is 5.75 Å². The summed E-state index contributed by atoms with van der Waals surface area (Å²) >= 11 is 5.89. The van der Waals surface area contributed by atoms with Crippen molar-refractivity contribution in [3.05, 3.63) is 28.8 Å². The summed E-state index contributed by atoms with van der Waals surface area (Å²) in [4.78, 5) is 11.8. The van der Waals surface area contributed by atoms with E-state index >= 15 is 0 Å². The molecule has 0 bridgehead atoms. The van der Waals surface area contributed by atoms with Gasteiger partial charge in [0.25, 0.3) is 0 Å². The van der Waals surface area contributed by atoms with Gasteiger partial charge in [-0.1, -0.05) is 11.6 Å². The summed E-state index contributed by atoms with van der Waals surface area (Å²) in [5.41, 5.74) is 1.01. The van der Waals surface area contributed by atoms with Gasteiger partial charge < -0.3 is 20.1 Å². The summed E-state index contributed by atoms with van der Waals surface area (Å²) in [5.74, 6) is 0.760. The van der Waals surface area contributed by atoms with E-state index in [1.807, 2.05) is 19.1 Å². The highest BCUT2D eigenvalue weighted by Crippen LogP contribution is 2.21. The molecule has 1 atom stereocenters. The molecule has 5 nitrogen and oxygen atoms in total. The zero-order valence-corrected chi connectivity index (χ0v) is 14.1. The number of ether oxygens (including phenoxy) is 2. The molecule has 22 heavy (non-hydrogen) atoms. The Morgan fingerprint density at radius 3 is 3.05 bits per heavy atom. The average molecular weight is 349 g/mol. The third kappa shape index (κ3) is 6.01. The number of carbonyl (C=O) groups excluding carboxylic acids is 1. The third-order valence-electron chi connectivity index (χ3n) is 3.23. The highest BCUT2D eigenvalue weighted by atomic mass is 35.5. The third-order valence-corrected chi connectivity index (χ3v) is 3.47. The molecular weight excluding hydrogens is 327 g/mol. The van der Waals surface area contributed by atoms with Crippen molar-refractivity contribution in [1.29, 1.82) is 0 Å². The van der Waals surface area contributed by atoms with Gasteiger partial charge in [-0.25, -0.2) is 0 Å². The molecule has 2 rings (SSSR count). The summed E-state index contributed by atoms with van der Waals surface area (Å²) in [6.07, 6.45) is 0.367. The predicted octanol–water partition coefficient (Wildman–Crippen LogP) is 1.94. The van der Waals surface area contributed by atoms with Gasteiger partial charge in [0, 0.05) is 24.7 Å². The normalized spacial score (nSPS) is 17.5. The molecule has 1 fully saturated rings. The summed E-state index contributed by atoms with van der Waals surface area (Å²) < 4.78 is 11.0. The summed E-state index contributed by atoms with van der Waals surface area (Å²) in [6, 6.07) is 5.53. The fourth-order valence-electron chi connectivity index (χ4n) is 2.09. The molecule has 0 saturated carbocycles. The number of benzene rings is 1. The minimum atomic E-state index is -0.377. The second-order valence-corrected chi connectivity index (χ2v) is 5.40. The standard InChI is InChI=1S/C15H21ClN2O3.ClH/c1-11-9-12(16)3-4-13(11)20-7-2-5-18-15(19)14-10-17-6-8-21-14;/h3-4,9,14,17H,2,5-8,10H2,1H3,(H,18,19);1H. The van der Waals surface area contributed by atoms with E-state index in [0.717, 1.165) is 24.3 Å². The van der Waals surface area contributed by atoms with Gasteiger partial charge in [-0.2, -0.15) is 0 Å². The van der Waals surface area contributed by atoms with Crippen molar-refractivity contribution in [3.8, 4) is 5.75 Å². The Bertz CT molecular complexity index is 480. The maximum absolute atomic E-state index is 11.8. The fourth-order valence-corrected chi connectivity index (χ4v) is 2.31. The molecule has 1 aromatic rings. The van der Waals surface area contributed by atoms with E-state index in [0.29, 0.717) is 31.3 Å². The number of carbonyl (C=O) groups is 1. The van der Waals surface area contributed by atoms with Gasteiger partial charge in [-0.3, -0.25) is 4.79 Å². The fraction of sp³-hybridized carbons (Fsp3) is 0.533. The average Bonchev–Trinajstić information content (AvgIpc) is 2.49. The first-order valence-corrected chi connectivity index (χ1v) is 7.53. The molecule has 1 aromatic carbocycles. The topological polar surface area (TPSA) is 59.6 Å². The van der Waals surface area contributed by atoms with Crippen molar-refractivity contribution >= 4 is 29.9 Å². The van der Waals surface area contributed by atoms with Gasteiger partial charge in [-0.05, 0) is 37.1 Å². The monoisotopic (exact) mass is 348 g/mol. The number of hydrogen-bond acceptors (Lipinski definition) is 4. The number of amides is 1. The van der Waals surface area contributed by atoms with Crippen molar-refractivity contribution in [2.45, 2.75) is 19.4 Å². The molecule has 1 aliphatic rings. The van der Waals surface area contributed by atoms with Gasteiger partial charge in [0.2, 0.25) is 5.91 Å². The maximum atomic E-state index is 11.8. The second-order valence-electron chi connectivity index (χ2n) is 4.97. The van der Waals surface area contributed by atoms with Crippen LogP contribution < -0.4 is 15.4 Å². The zero-order valence-electron chi connectivity index (χ0n) is 12.6. The smallest absolute Gasteiger partial charge is 0.250 e. The number of hydrogen-bond donors (Lipinski definition) is 2. The Labute approximate surface area is 142 Å². The van der Waals surface area contributed by atoms with E-state index in [9.17, 15) is 4.79 Å². The lowest BCUT2D eigenvalue weighted by atomic mass is 10.2. The molecule has 124 valence electrons. The lowest BCUT2D eigenvalue weighted by molar-refractivity contribution is -0.134. The minimum Gasteiger partial charge on any atom is -0.493 e. The van der Waals surface area contributed by atoms with Crippen LogP contribution in [0.1, 0.15) is 12.0 Å². The zero-order chi connectivity index (χ0) is 15.1. The van der Waals surface area contributed by atoms with Crippen molar-refractivity contribution in [2.24, 2.45) is 0 Å². The SMILES string of the molecule is Cc1cc(Cl)ccc1OCCCNC(=O)C1CNCCO1.Cl. The van der Waals surface area contributed by atoms with Gasteiger partial charge >= 0.3 is 0 Å². The Balaban J connectivity index is 0.00000242. The summed E-state index contributed by atoms with van der Waals surface area (Å²) in [5, 5.41) is 6.69. The van der Waals surface area contributed by atoms with Gasteiger partial charge in [-0.15, -0.1) is 12.4 Å². The van der Waals surface area contributed by atoms with Crippen LogP contribution >= 0.6 is 24.0 Å². The molecule has 1 amide bonds. The molecule has 7 heteroatoms. The number of nitrogens with one attached hydrogen (secondary N) is 2. The van der Waals surface area contributed by atoms with E-state index in [-0.39, 0.29) is 24.4 Å². The number of rotatable bonds is 6. The first-order valence-electron chi connectivity index (χ1n) is 7.16. The van der Waals surface area contributed by atoms with Crippen LogP contribution in [0, 0.1) is 6.92 Å². The molecule has 1 saturated heterocycles. The molecule has 1 unspecified atom stereocenters. The van der Waals surface area contributed by atoms with Gasteiger partial charge in [0.05, 0.1) is 13.2 Å². The first kappa shape index (κ1) is 19.0. The van der Waals surface area contributed by atoms with Crippen LogP contribution in [0.25, 0.3) is 0 Å². The van der Waals surface area contributed by atoms with E-state index < -0.39 is 0 Å². The van der Waals surface area contributed by atoms with Crippen LogP contribution in [0.4, 0.5) is 0 Å². The van der Waals surface area contributed by atoms with Crippen LogP contribution in [0.2, 0.25) is 5.02 Å². The number of halogens is 2. The van der Waals surface area contributed by atoms with Gasteiger partial charge in [0.1, 0.15) is 11.9 Å². The van der Waals surface area contributed by atoms with E-state index in [2.05, 4.69) is 10.6 Å². The molecule has 0 aliphatic carbocycles. The predicted molar refractivity (Wildman–Crippen MR) is 89.2 cm³/mol. The number of morpholine rings is 1. The lowest BCUT2D eigenvalue weighted by Crippen LogP contribution is -2.48. The second kappa shape index (κ2) is 9.90. The van der Waals surface area contributed by atoms with Crippen molar-refractivity contribution < 1.29 is 14.3 Å². The Morgan fingerprint density at radius 2 is 2.36 bits per heavy atom. The van der Waals surface area contributed by atoms with Crippen LogP contribution in [0.15, 0.2) is 18.2 Å². The highest BCUT2D eigenvalue weighted by Gasteiger charge is 2.20. The van der Waals surface area contributed by atoms with Gasteiger partial charge in [0.15, 0.2) is 0 Å². The van der Waals surface area contributed by atoms with E-state index in [4.69, 9.17) is 21.1 Å². The largest absolute Gasteiger partial charge is 0.493 e. The first-order chi connectivity index (χ1) is 10.2. The van der Waals surface area contributed by atoms with Crippen molar-refractivity contribution in [2.75, 3.05) is 32.8 Å². The van der Waals surface area contributed by atoms with E-state index in [1.54, 1.807) is 6.07 Å². The summed E-state index contributed by atoms with van der Waals surface area (Å²) in [7, 11) is 0. The van der Waals surface area contributed by atoms with Crippen LogP contribution in [-0.2, 0) is 9.53 Å². The molecule has 0 aromatic heterocycles. The molecule has 0 radical (unpaired) electrons. The Hall–Kier alpha value is -1.01. The number of aryl methyl sites for hydroxylation is 1. The van der Waals surface area contributed by atoms with E-state index in [1.165, 1.54) is 0 Å². The maximum Gasteiger partial charge on any atom is 0.250 e. The molecule has 1 heterocycles. The lowest BCUT2D eigenvalue weighted by Gasteiger charge is -2.22. The Morgan fingerprint density at radius 1 is 1.55 bits per heavy atom.